The third kappa shape index (κ3) is 4.49. The zero-order valence-corrected chi connectivity index (χ0v) is 17.8. The van der Waals surface area contributed by atoms with Crippen LogP contribution in [-0.4, -0.2) is 37.1 Å². The Labute approximate surface area is 186 Å². The predicted octanol–water partition coefficient (Wildman–Crippen LogP) is 3.68. The highest BCUT2D eigenvalue weighted by Crippen LogP contribution is 2.44. The molecule has 3 aromatic carbocycles. The number of benzene rings is 3. The van der Waals surface area contributed by atoms with E-state index in [1.54, 1.807) is 25.3 Å². The summed E-state index contributed by atoms with van der Waals surface area (Å²) in [5, 5.41) is 25.7. The van der Waals surface area contributed by atoms with Gasteiger partial charge in [-0.15, -0.1) is 0 Å². The molecule has 0 aliphatic carbocycles. The van der Waals surface area contributed by atoms with Crippen LogP contribution in [0.3, 0.4) is 0 Å². The lowest BCUT2D eigenvalue weighted by molar-refractivity contribution is 0.201. The second kappa shape index (κ2) is 9.46. The zero-order chi connectivity index (χ0) is 22.6. The van der Waals surface area contributed by atoms with Gasteiger partial charge in [0.1, 0.15) is 29.6 Å². The van der Waals surface area contributed by atoms with Crippen molar-refractivity contribution in [2.24, 2.45) is 0 Å². The van der Waals surface area contributed by atoms with Gasteiger partial charge in [-0.2, -0.15) is 0 Å². The lowest BCUT2D eigenvalue weighted by Crippen LogP contribution is -2.40. The number of aliphatic hydroxyl groups excluding tert-OH is 2. The van der Waals surface area contributed by atoms with Crippen LogP contribution >= 0.6 is 0 Å². The Morgan fingerprint density at radius 3 is 2.50 bits per heavy atom. The molecule has 1 unspecified atom stereocenters. The maximum Gasteiger partial charge on any atom is 0.142 e. The summed E-state index contributed by atoms with van der Waals surface area (Å²) in [6.07, 6.45) is 2.56. The van der Waals surface area contributed by atoms with Crippen LogP contribution in [0.5, 0.6) is 11.5 Å². The van der Waals surface area contributed by atoms with Crippen LogP contribution < -0.4 is 20.1 Å². The number of hydrogen-bond donors (Lipinski definition) is 4. The van der Waals surface area contributed by atoms with E-state index in [-0.39, 0.29) is 25.6 Å². The minimum Gasteiger partial charge on any atom is -0.497 e. The molecule has 1 aliphatic heterocycles. The molecule has 3 aromatic rings. The minimum absolute atomic E-state index is 0.0382. The molecule has 167 valence electrons. The highest BCUT2D eigenvalue weighted by Gasteiger charge is 2.40. The molecule has 4 rings (SSSR count). The molecule has 0 saturated heterocycles. The molecule has 0 spiro atoms. The Balaban J connectivity index is 1.75. The second-order valence-corrected chi connectivity index (χ2v) is 7.53. The molecule has 0 aromatic heterocycles. The summed E-state index contributed by atoms with van der Waals surface area (Å²) in [7, 11) is 1.57. The Hall–Kier alpha value is -3.29. The number of aliphatic hydroxyl groups is 2. The van der Waals surface area contributed by atoms with Gasteiger partial charge in [0.05, 0.1) is 13.7 Å². The third-order valence-corrected chi connectivity index (χ3v) is 5.38. The molecule has 0 saturated carbocycles. The summed E-state index contributed by atoms with van der Waals surface area (Å²) in [6, 6.07) is 17.6. The average Bonchev–Trinajstić information content (AvgIpc) is 3.18. The Bertz CT molecular complexity index is 1070. The molecular weight excluding hydrogens is 411 g/mol. The molecule has 0 bridgehead atoms. The van der Waals surface area contributed by atoms with Crippen molar-refractivity contribution in [1.82, 2.24) is 0 Å². The molecule has 0 fully saturated rings. The standard InChI is InChI=1S/C25H26FN2O4/c1-31-22-13-21(14-23(15-22)32-12-11-30)27-25(19-5-7-20(26)8-6-19)16-18-4-2-3-17(9-10-29)24(18)28-25/h2-8,13-16,27-30H,9-12H2,1H3. The molecule has 0 amide bonds. The van der Waals surface area contributed by atoms with E-state index in [1.165, 1.54) is 12.1 Å². The van der Waals surface area contributed by atoms with Gasteiger partial charge in [-0.1, -0.05) is 30.3 Å². The van der Waals surface area contributed by atoms with Crippen molar-refractivity contribution >= 4 is 11.4 Å². The summed E-state index contributed by atoms with van der Waals surface area (Å²) < 4.78 is 24.7. The van der Waals surface area contributed by atoms with Crippen molar-refractivity contribution in [2.45, 2.75) is 12.1 Å². The fourth-order valence-electron chi connectivity index (χ4n) is 3.93. The Morgan fingerprint density at radius 1 is 1.00 bits per heavy atom. The third-order valence-electron chi connectivity index (χ3n) is 5.38. The van der Waals surface area contributed by atoms with Gasteiger partial charge in [0.2, 0.25) is 0 Å². The van der Waals surface area contributed by atoms with Crippen molar-refractivity contribution in [3.63, 3.8) is 0 Å². The van der Waals surface area contributed by atoms with Crippen LogP contribution in [0.15, 0.2) is 60.7 Å². The van der Waals surface area contributed by atoms with E-state index in [1.807, 2.05) is 36.8 Å². The predicted molar refractivity (Wildman–Crippen MR) is 122 cm³/mol. The van der Waals surface area contributed by atoms with E-state index in [2.05, 4.69) is 10.6 Å². The second-order valence-electron chi connectivity index (χ2n) is 7.53. The van der Waals surface area contributed by atoms with Crippen LogP contribution in [-0.2, 0) is 12.1 Å². The SMILES string of the molecule is COc1cc(NC2(c3ccc(F)cc3)[CH]c3cccc(CCO)c3N2)cc(OCCO)c1. The maximum absolute atomic E-state index is 13.7. The van der Waals surface area contributed by atoms with Crippen molar-refractivity contribution in [3.05, 3.63) is 89.6 Å². The first-order valence-corrected chi connectivity index (χ1v) is 10.4. The van der Waals surface area contributed by atoms with Gasteiger partial charge >= 0.3 is 0 Å². The van der Waals surface area contributed by atoms with Crippen molar-refractivity contribution in [3.8, 4) is 11.5 Å². The van der Waals surface area contributed by atoms with Crippen molar-refractivity contribution in [1.29, 1.82) is 0 Å². The number of nitrogens with one attached hydrogen (secondary N) is 2. The maximum atomic E-state index is 13.7. The van der Waals surface area contributed by atoms with Crippen molar-refractivity contribution < 1.29 is 24.1 Å². The fraction of sp³-hybridized carbons (Fsp3) is 0.240. The van der Waals surface area contributed by atoms with E-state index in [4.69, 9.17) is 14.6 Å². The number of fused-ring (bicyclic) bond motifs is 1. The average molecular weight is 437 g/mol. The molecule has 1 radical (unpaired) electrons. The highest BCUT2D eigenvalue weighted by atomic mass is 19.1. The molecular formula is C25H26FN2O4. The lowest BCUT2D eigenvalue weighted by Gasteiger charge is -2.33. The van der Waals surface area contributed by atoms with Gasteiger partial charge in [0, 0.05) is 42.6 Å². The number of rotatable bonds is 9. The summed E-state index contributed by atoms with van der Waals surface area (Å²) >= 11 is 0. The van der Waals surface area contributed by atoms with Gasteiger partial charge in [0.15, 0.2) is 0 Å². The Morgan fingerprint density at radius 2 is 1.78 bits per heavy atom. The van der Waals surface area contributed by atoms with Crippen LogP contribution in [0, 0.1) is 12.2 Å². The van der Waals surface area contributed by atoms with Crippen molar-refractivity contribution in [2.75, 3.05) is 37.6 Å². The van der Waals surface area contributed by atoms with Gasteiger partial charge in [-0.3, -0.25) is 0 Å². The minimum atomic E-state index is -0.873. The van der Waals surface area contributed by atoms with Gasteiger partial charge in [-0.25, -0.2) is 4.39 Å². The number of hydrogen-bond acceptors (Lipinski definition) is 6. The van der Waals surface area contributed by atoms with Crippen LogP contribution in [0.2, 0.25) is 0 Å². The van der Waals surface area contributed by atoms with Gasteiger partial charge in [0.25, 0.3) is 0 Å². The first-order valence-electron chi connectivity index (χ1n) is 10.4. The first-order chi connectivity index (χ1) is 15.6. The quantitative estimate of drug-likeness (QED) is 0.409. The summed E-state index contributed by atoms with van der Waals surface area (Å²) in [4.78, 5) is 0. The van der Waals surface area contributed by atoms with Gasteiger partial charge < -0.3 is 30.3 Å². The summed E-state index contributed by atoms with van der Waals surface area (Å²) in [5.74, 6) is 0.821. The lowest BCUT2D eigenvalue weighted by atomic mass is 9.94. The number of para-hydroxylation sites is 1. The molecule has 1 heterocycles. The number of ether oxygens (including phenoxy) is 2. The summed E-state index contributed by atoms with van der Waals surface area (Å²) in [6.45, 7) is 0.102. The topological polar surface area (TPSA) is 83.0 Å². The molecule has 7 heteroatoms. The van der Waals surface area contributed by atoms with E-state index in [9.17, 15) is 9.50 Å². The largest absolute Gasteiger partial charge is 0.497 e. The van der Waals surface area contributed by atoms with E-state index < -0.39 is 5.66 Å². The first kappa shape index (κ1) is 21.9. The summed E-state index contributed by atoms with van der Waals surface area (Å²) in [5.41, 5.74) is 3.53. The molecule has 1 aliphatic rings. The molecule has 4 N–H and O–H groups in total. The highest BCUT2D eigenvalue weighted by molar-refractivity contribution is 5.73. The van der Waals surface area contributed by atoms with E-state index >= 15 is 0 Å². The number of methoxy groups -OCH3 is 1. The normalized spacial score (nSPS) is 16.9. The number of anilines is 2. The zero-order valence-electron chi connectivity index (χ0n) is 17.8. The molecule has 1 atom stereocenters. The smallest absolute Gasteiger partial charge is 0.142 e. The number of halogens is 1. The molecule has 6 nitrogen and oxygen atoms in total. The van der Waals surface area contributed by atoms with Crippen LogP contribution in [0.1, 0.15) is 16.7 Å². The van der Waals surface area contributed by atoms with E-state index in [0.717, 1.165) is 22.4 Å². The van der Waals surface area contributed by atoms with Crippen LogP contribution in [0.25, 0.3) is 0 Å². The fourth-order valence-corrected chi connectivity index (χ4v) is 3.93. The van der Waals surface area contributed by atoms with Crippen LogP contribution in [0.4, 0.5) is 15.8 Å². The van der Waals surface area contributed by atoms with Gasteiger partial charge in [-0.05, 0) is 35.2 Å². The van der Waals surface area contributed by atoms with E-state index in [0.29, 0.717) is 23.6 Å². The monoisotopic (exact) mass is 437 g/mol. The molecule has 32 heavy (non-hydrogen) atoms. The Kier molecular flexibility index (Phi) is 6.48.